The largest absolute Gasteiger partial charge is 0.725 e. The van der Waals surface area contributed by atoms with E-state index in [1.165, 1.54) is 0 Å². The van der Waals surface area contributed by atoms with E-state index in [-0.39, 0.29) is 0 Å². The molecule has 0 unspecified atom stereocenters. The topological polar surface area (TPSA) is 46.2 Å². The Kier molecular flexibility index (Phi) is 6.74. The van der Waals surface area contributed by atoms with Gasteiger partial charge in [-0.2, -0.15) is 0 Å². The van der Waals surface area contributed by atoms with Gasteiger partial charge in [0.05, 0.1) is 38.6 Å². The highest BCUT2D eigenvalue weighted by atomic mass is 28.4. The van der Waals surface area contributed by atoms with Gasteiger partial charge in [0.25, 0.3) is 0 Å². The second kappa shape index (κ2) is 8.53. The normalized spacial score (nSPS) is 9.74. The van der Waals surface area contributed by atoms with Crippen LogP contribution < -0.4 is 9.47 Å². The molecule has 0 aliphatic heterocycles. The van der Waals surface area contributed by atoms with Crippen molar-refractivity contribution in [2.24, 2.45) is 0 Å². The van der Waals surface area contributed by atoms with Crippen molar-refractivity contribution in [3.05, 3.63) is 23.3 Å². The molecule has 0 amide bonds. The van der Waals surface area contributed by atoms with E-state index in [9.17, 15) is 0 Å². The zero-order chi connectivity index (χ0) is 17.3. The summed E-state index contributed by atoms with van der Waals surface area (Å²) in [5, 5.41) is 0. The van der Waals surface area contributed by atoms with Gasteiger partial charge in [-0.15, -0.1) is 0 Å². The van der Waals surface area contributed by atoms with Gasteiger partial charge in [-0.3, -0.25) is 0 Å². The van der Waals surface area contributed by atoms with E-state index in [1.807, 2.05) is 37.4 Å². The van der Waals surface area contributed by atoms with Crippen LogP contribution in [0.1, 0.15) is 11.1 Å². The third-order valence-corrected chi connectivity index (χ3v) is 5.32. The van der Waals surface area contributed by atoms with Crippen molar-refractivity contribution in [3.8, 4) is 49.1 Å². The maximum atomic E-state index is 5.34. The molecule has 0 aromatic heterocycles. The first-order valence-electron chi connectivity index (χ1n) is 6.68. The Morgan fingerprint density at radius 3 is 1.70 bits per heavy atom. The molecule has 0 fully saturated rings. The molecule has 0 aliphatic rings. The summed E-state index contributed by atoms with van der Waals surface area (Å²) in [6.07, 6.45) is 22.2. The third kappa shape index (κ3) is 4.54. The summed E-state index contributed by atoms with van der Waals surface area (Å²) in [6, 6.07) is 4.08. The lowest BCUT2D eigenvalue weighted by molar-refractivity contribution is 0.212. The van der Waals surface area contributed by atoms with Gasteiger partial charge in [-0.05, 0) is 31.0 Å². The molecule has 1 aromatic rings. The Hall–Kier alpha value is -2.88. The smallest absolute Gasteiger partial charge is 0.496 e. The summed E-state index contributed by atoms with van der Waals surface area (Å²) in [6.45, 7) is 1.91. The summed E-state index contributed by atoms with van der Waals surface area (Å²) in [4.78, 5) is 0. The van der Waals surface area contributed by atoms with E-state index in [1.54, 1.807) is 14.2 Å². The van der Waals surface area contributed by atoms with Crippen LogP contribution in [-0.4, -0.2) is 23.0 Å². The predicted octanol–water partition coefficient (Wildman–Crippen LogP) is 2.32. The van der Waals surface area contributed by atoms with Gasteiger partial charge in [-0.1, -0.05) is 19.3 Å². The molecule has 5 nitrogen and oxygen atoms in total. The van der Waals surface area contributed by atoms with Gasteiger partial charge in [-0.25, -0.2) is 0 Å². The minimum atomic E-state index is -3.34. The van der Waals surface area contributed by atoms with Crippen LogP contribution in [0.15, 0.2) is 12.1 Å². The minimum absolute atomic E-state index is 0.307. The molecule has 0 N–H and O–H groups in total. The zero-order valence-corrected chi connectivity index (χ0v) is 14.3. The third-order valence-electron chi connectivity index (χ3n) is 3.18. The molecule has 1 aromatic carbocycles. The quantitative estimate of drug-likeness (QED) is 0.541. The lowest BCUT2D eigenvalue weighted by Crippen LogP contribution is -2.42. The van der Waals surface area contributed by atoms with Crippen LogP contribution in [-0.2, 0) is 19.7 Å². The highest BCUT2D eigenvalue weighted by Gasteiger charge is 2.48. The van der Waals surface area contributed by atoms with Gasteiger partial charge in [0.15, 0.2) is 0 Å². The van der Waals surface area contributed by atoms with Crippen molar-refractivity contribution < 1.29 is 22.8 Å². The van der Waals surface area contributed by atoms with Crippen LogP contribution in [0.4, 0.5) is 0 Å². The SMILES string of the molecule is C#CO[Si](CCc1cc(OC)c(C)c(OC)c1)(OC#C)OC#C. The number of rotatable bonds is 8. The number of benzene rings is 1. The number of ether oxygens (including phenoxy) is 2. The highest BCUT2D eigenvalue weighted by molar-refractivity contribution is 6.61. The highest BCUT2D eigenvalue weighted by Crippen LogP contribution is 2.31. The summed E-state index contributed by atoms with van der Waals surface area (Å²) in [5.41, 5.74) is 1.82. The van der Waals surface area contributed by atoms with E-state index >= 15 is 0 Å². The minimum Gasteiger partial charge on any atom is -0.496 e. The van der Waals surface area contributed by atoms with Crippen molar-refractivity contribution >= 4 is 8.80 Å². The number of hydrogen-bond acceptors (Lipinski definition) is 5. The fraction of sp³-hybridized carbons (Fsp3) is 0.294. The van der Waals surface area contributed by atoms with Crippen LogP contribution >= 0.6 is 0 Å². The first-order valence-corrected chi connectivity index (χ1v) is 8.61. The van der Waals surface area contributed by atoms with Crippen LogP contribution in [0.5, 0.6) is 11.5 Å². The van der Waals surface area contributed by atoms with Crippen molar-refractivity contribution in [1.82, 2.24) is 0 Å². The fourth-order valence-electron chi connectivity index (χ4n) is 2.07. The van der Waals surface area contributed by atoms with Crippen molar-refractivity contribution in [1.29, 1.82) is 0 Å². The molecule has 0 saturated carbocycles. The standard InChI is InChI=1S/C17H18O5Si/c1-7-20-23(21-8-2,22-9-3)11-10-15-12-16(18-5)14(4)17(13-15)19-6/h1-3,12-13H,10-11H2,4-6H3. The molecule has 0 atom stereocenters. The molecule has 0 aliphatic carbocycles. The Labute approximate surface area is 138 Å². The lowest BCUT2D eigenvalue weighted by atomic mass is 10.1. The van der Waals surface area contributed by atoms with E-state index in [4.69, 9.17) is 42.0 Å². The average molecular weight is 330 g/mol. The summed E-state index contributed by atoms with van der Waals surface area (Å²) >= 11 is 0. The number of aryl methyl sites for hydroxylation is 1. The van der Waals surface area contributed by atoms with Crippen LogP contribution in [0, 0.1) is 44.5 Å². The summed E-state index contributed by atoms with van der Waals surface area (Å²) in [7, 11) is -0.153. The lowest BCUT2D eigenvalue weighted by Gasteiger charge is -2.21. The number of terminal acetylenes is 3. The second-order valence-corrected chi connectivity index (χ2v) is 6.95. The average Bonchev–Trinajstić information content (AvgIpc) is 2.54. The molecule has 0 spiro atoms. The maximum absolute atomic E-state index is 5.34. The van der Waals surface area contributed by atoms with Crippen LogP contribution in [0.2, 0.25) is 6.04 Å². The molecule has 0 heterocycles. The van der Waals surface area contributed by atoms with Gasteiger partial charge in [0, 0.05) is 5.56 Å². The summed E-state index contributed by atoms with van der Waals surface area (Å²) < 4.78 is 26.1. The zero-order valence-electron chi connectivity index (χ0n) is 13.3. The van der Waals surface area contributed by atoms with Gasteiger partial charge >= 0.3 is 8.80 Å². The molecular formula is C17H18O5Si. The number of hydrogen-bond donors (Lipinski definition) is 0. The second-order valence-electron chi connectivity index (χ2n) is 4.47. The maximum Gasteiger partial charge on any atom is 0.725 e. The molecule has 0 radical (unpaired) electrons. The van der Waals surface area contributed by atoms with E-state index in [0.717, 1.165) is 11.1 Å². The predicted molar refractivity (Wildman–Crippen MR) is 88.3 cm³/mol. The van der Waals surface area contributed by atoms with Gasteiger partial charge < -0.3 is 22.8 Å². The molecular weight excluding hydrogens is 312 g/mol. The van der Waals surface area contributed by atoms with Crippen LogP contribution in [0.25, 0.3) is 0 Å². The van der Waals surface area contributed by atoms with E-state index in [2.05, 4.69) is 0 Å². The molecule has 6 heteroatoms. The monoisotopic (exact) mass is 330 g/mol. The molecule has 120 valence electrons. The first-order chi connectivity index (χ1) is 11.1. The van der Waals surface area contributed by atoms with E-state index in [0.29, 0.717) is 24.0 Å². The summed E-state index contributed by atoms with van der Waals surface area (Å²) in [5.74, 6) is 1.42. The van der Waals surface area contributed by atoms with Crippen LogP contribution in [0.3, 0.4) is 0 Å². The Bertz CT molecular complexity index is 597. The fourth-order valence-corrected chi connectivity index (χ4v) is 3.63. The van der Waals surface area contributed by atoms with Crippen molar-refractivity contribution in [2.75, 3.05) is 14.2 Å². The first kappa shape index (κ1) is 18.2. The number of methoxy groups -OCH3 is 2. The van der Waals surface area contributed by atoms with Gasteiger partial charge in [0.2, 0.25) is 0 Å². The molecule has 1 rings (SSSR count). The molecule has 0 bridgehead atoms. The van der Waals surface area contributed by atoms with E-state index < -0.39 is 8.80 Å². The molecule has 0 saturated heterocycles. The Morgan fingerprint density at radius 1 is 0.913 bits per heavy atom. The van der Waals surface area contributed by atoms with Gasteiger partial charge in [0.1, 0.15) is 11.5 Å². The van der Waals surface area contributed by atoms with Crippen molar-refractivity contribution in [3.63, 3.8) is 0 Å². The molecule has 23 heavy (non-hydrogen) atoms. The Balaban J connectivity index is 3.04. The van der Waals surface area contributed by atoms with Crippen molar-refractivity contribution in [2.45, 2.75) is 19.4 Å². The Morgan fingerprint density at radius 2 is 1.35 bits per heavy atom.